The van der Waals surface area contributed by atoms with Gasteiger partial charge in [-0.15, -0.1) is 0 Å². The summed E-state index contributed by atoms with van der Waals surface area (Å²) in [6.07, 6.45) is 7.80. The van der Waals surface area contributed by atoms with Gasteiger partial charge in [0, 0.05) is 11.8 Å². The highest BCUT2D eigenvalue weighted by Crippen LogP contribution is 2.35. The smallest absolute Gasteiger partial charge is 0.143 e. The van der Waals surface area contributed by atoms with Crippen molar-refractivity contribution in [3.8, 4) is 0 Å². The first-order chi connectivity index (χ1) is 9.27. The average Bonchev–Trinajstić information content (AvgIpc) is 2.47. The van der Waals surface area contributed by atoms with Crippen molar-refractivity contribution in [3.63, 3.8) is 0 Å². The molecular formula is C18H26O. The van der Waals surface area contributed by atoms with E-state index in [0.29, 0.717) is 5.78 Å². The minimum absolute atomic E-state index is 0.173. The van der Waals surface area contributed by atoms with E-state index in [-0.39, 0.29) is 11.8 Å². The second-order valence-corrected chi connectivity index (χ2v) is 5.79. The lowest BCUT2D eigenvalue weighted by Gasteiger charge is -2.27. The molecule has 0 amide bonds. The van der Waals surface area contributed by atoms with Crippen LogP contribution in [0.25, 0.3) is 0 Å². The molecule has 0 saturated heterocycles. The van der Waals surface area contributed by atoms with Gasteiger partial charge in [0.1, 0.15) is 5.78 Å². The molecule has 0 fully saturated rings. The van der Waals surface area contributed by atoms with E-state index < -0.39 is 0 Å². The van der Waals surface area contributed by atoms with Crippen LogP contribution in [-0.4, -0.2) is 5.78 Å². The van der Waals surface area contributed by atoms with Crippen LogP contribution in [0.1, 0.15) is 69.4 Å². The fourth-order valence-corrected chi connectivity index (χ4v) is 3.33. The molecule has 0 saturated carbocycles. The van der Waals surface area contributed by atoms with E-state index in [4.69, 9.17) is 0 Å². The van der Waals surface area contributed by atoms with Crippen molar-refractivity contribution < 1.29 is 4.79 Å². The van der Waals surface area contributed by atoms with Crippen molar-refractivity contribution in [1.29, 1.82) is 0 Å². The molecule has 2 rings (SSSR count). The van der Waals surface area contributed by atoms with E-state index in [1.807, 2.05) is 0 Å². The van der Waals surface area contributed by atoms with Gasteiger partial charge in [0.25, 0.3) is 0 Å². The summed E-state index contributed by atoms with van der Waals surface area (Å²) in [5.74, 6) is 0.950. The van der Waals surface area contributed by atoms with Crippen LogP contribution in [0.2, 0.25) is 0 Å². The van der Waals surface area contributed by atoms with Gasteiger partial charge in [0.05, 0.1) is 0 Å². The molecule has 1 aromatic rings. The van der Waals surface area contributed by atoms with Crippen LogP contribution in [0.3, 0.4) is 0 Å². The zero-order chi connectivity index (χ0) is 13.7. The third-order valence-electron chi connectivity index (χ3n) is 4.51. The number of carbonyl (C=O) groups is 1. The van der Waals surface area contributed by atoms with Gasteiger partial charge in [-0.2, -0.15) is 0 Å². The van der Waals surface area contributed by atoms with Gasteiger partial charge in [-0.1, -0.05) is 51.0 Å². The minimum Gasteiger partial charge on any atom is -0.299 e. The van der Waals surface area contributed by atoms with Gasteiger partial charge < -0.3 is 0 Å². The number of hydrogen-bond acceptors (Lipinski definition) is 1. The molecule has 0 aromatic heterocycles. The molecule has 1 aliphatic carbocycles. The summed E-state index contributed by atoms with van der Waals surface area (Å²) in [7, 11) is 0. The number of Topliss-reactive ketones (excluding diaryl/α,β-unsaturated/α-hetero) is 1. The summed E-state index contributed by atoms with van der Waals surface area (Å²) < 4.78 is 0. The lowest BCUT2D eigenvalue weighted by atomic mass is 9.76. The van der Waals surface area contributed by atoms with Gasteiger partial charge in [-0.3, -0.25) is 4.79 Å². The van der Waals surface area contributed by atoms with Crippen LogP contribution >= 0.6 is 0 Å². The van der Waals surface area contributed by atoms with Crippen molar-refractivity contribution in [2.45, 2.75) is 64.7 Å². The van der Waals surface area contributed by atoms with Crippen molar-refractivity contribution in [1.82, 2.24) is 0 Å². The van der Waals surface area contributed by atoms with Gasteiger partial charge in [-0.05, 0) is 43.2 Å². The van der Waals surface area contributed by atoms with Gasteiger partial charge in [0.15, 0.2) is 0 Å². The number of benzene rings is 1. The molecular weight excluding hydrogens is 232 g/mol. The Bertz CT molecular complexity index is 421. The Morgan fingerprint density at radius 2 is 2.11 bits per heavy atom. The van der Waals surface area contributed by atoms with E-state index in [2.05, 4.69) is 38.1 Å². The number of carbonyl (C=O) groups excluding carboxylic acids is 1. The predicted molar refractivity (Wildman–Crippen MR) is 80.4 cm³/mol. The largest absolute Gasteiger partial charge is 0.299 e. The first-order valence-electron chi connectivity index (χ1n) is 7.89. The Morgan fingerprint density at radius 1 is 1.32 bits per heavy atom. The molecule has 0 aliphatic heterocycles. The highest BCUT2D eigenvalue weighted by molar-refractivity contribution is 5.88. The van der Waals surface area contributed by atoms with Crippen molar-refractivity contribution in [3.05, 3.63) is 35.4 Å². The number of fused-ring (bicyclic) bond motifs is 1. The number of aryl methyl sites for hydroxylation is 1. The molecule has 0 spiro atoms. The molecule has 0 heterocycles. The maximum Gasteiger partial charge on any atom is 0.143 e. The van der Waals surface area contributed by atoms with Crippen LogP contribution in [0.15, 0.2) is 24.3 Å². The predicted octanol–water partition coefficient (Wildman–Crippen LogP) is 4.89. The van der Waals surface area contributed by atoms with Crippen LogP contribution in [0.5, 0.6) is 0 Å². The highest BCUT2D eigenvalue weighted by atomic mass is 16.1. The Kier molecular flexibility index (Phi) is 5.18. The molecule has 2 atom stereocenters. The van der Waals surface area contributed by atoms with Gasteiger partial charge in [0.2, 0.25) is 0 Å². The molecule has 1 aliphatic rings. The van der Waals surface area contributed by atoms with Crippen LogP contribution in [0, 0.1) is 5.92 Å². The summed E-state index contributed by atoms with van der Waals surface area (Å²) in [6, 6.07) is 8.54. The molecule has 0 radical (unpaired) electrons. The minimum atomic E-state index is 0.173. The first kappa shape index (κ1) is 14.3. The third-order valence-corrected chi connectivity index (χ3v) is 4.51. The van der Waals surface area contributed by atoms with Crippen LogP contribution in [-0.2, 0) is 11.2 Å². The SMILES string of the molecule is CCCCC(CC)C(=O)C1CCCc2ccccc21. The van der Waals surface area contributed by atoms with Crippen molar-refractivity contribution in [2.75, 3.05) is 0 Å². The second-order valence-electron chi connectivity index (χ2n) is 5.79. The molecule has 0 bridgehead atoms. The molecule has 0 N–H and O–H groups in total. The average molecular weight is 258 g/mol. The lowest BCUT2D eigenvalue weighted by molar-refractivity contribution is -0.125. The second kappa shape index (κ2) is 6.88. The Labute approximate surface area is 117 Å². The highest BCUT2D eigenvalue weighted by Gasteiger charge is 2.30. The Balaban J connectivity index is 2.15. The molecule has 19 heavy (non-hydrogen) atoms. The fraction of sp³-hybridized carbons (Fsp3) is 0.611. The van der Waals surface area contributed by atoms with Crippen LogP contribution < -0.4 is 0 Å². The normalized spacial score (nSPS) is 19.8. The fourth-order valence-electron chi connectivity index (χ4n) is 3.33. The number of rotatable bonds is 6. The maximum atomic E-state index is 12.8. The zero-order valence-corrected chi connectivity index (χ0v) is 12.3. The molecule has 1 heteroatoms. The van der Waals surface area contributed by atoms with E-state index in [1.165, 1.54) is 24.0 Å². The lowest BCUT2D eigenvalue weighted by Crippen LogP contribution is -2.25. The standard InChI is InChI=1S/C18H26O/c1-3-5-9-14(4-2)18(19)17-13-8-11-15-10-6-7-12-16(15)17/h6-7,10,12,14,17H,3-5,8-9,11,13H2,1-2H3. The van der Waals surface area contributed by atoms with Gasteiger partial charge >= 0.3 is 0 Å². The Morgan fingerprint density at radius 3 is 2.84 bits per heavy atom. The van der Waals surface area contributed by atoms with Crippen LogP contribution in [0.4, 0.5) is 0 Å². The topological polar surface area (TPSA) is 17.1 Å². The van der Waals surface area contributed by atoms with Gasteiger partial charge in [-0.25, -0.2) is 0 Å². The van der Waals surface area contributed by atoms with E-state index in [9.17, 15) is 4.79 Å². The third kappa shape index (κ3) is 3.26. The van der Waals surface area contributed by atoms with Crippen molar-refractivity contribution >= 4 is 5.78 Å². The van der Waals surface area contributed by atoms with E-state index >= 15 is 0 Å². The number of unbranched alkanes of at least 4 members (excludes halogenated alkanes) is 1. The zero-order valence-electron chi connectivity index (χ0n) is 12.3. The summed E-state index contributed by atoms with van der Waals surface area (Å²) in [6.45, 7) is 4.36. The molecule has 1 aromatic carbocycles. The summed E-state index contributed by atoms with van der Waals surface area (Å²) in [5.41, 5.74) is 2.71. The summed E-state index contributed by atoms with van der Waals surface area (Å²) in [5, 5.41) is 0. The molecule has 2 unspecified atom stereocenters. The quantitative estimate of drug-likeness (QED) is 0.710. The first-order valence-corrected chi connectivity index (χ1v) is 7.89. The molecule has 104 valence electrons. The summed E-state index contributed by atoms with van der Waals surface area (Å²) >= 11 is 0. The number of hydrogen-bond donors (Lipinski definition) is 0. The van der Waals surface area contributed by atoms with E-state index in [1.54, 1.807) is 0 Å². The Hall–Kier alpha value is -1.11. The summed E-state index contributed by atoms with van der Waals surface area (Å²) in [4.78, 5) is 12.8. The molecule has 1 nitrogen and oxygen atoms in total. The van der Waals surface area contributed by atoms with Crippen molar-refractivity contribution in [2.24, 2.45) is 5.92 Å². The maximum absolute atomic E-state index is 12.8. The number of ketones is 1. The monoisotopic (exact) mass is 258 g/mol. The van der Waals surface area contributed by atoms with E-state index in [0.717, 1.165) is 32.1 Å².